The monoisotopic (exact) mass is 239 g/mol. The quantitative estimate of drug-likeness (QED) is 0.791. The largest absolute Gasteiger partial charge is 0.506 e. The molecule has 0 aliphatic rings. The van der Waals surface area contributed by atoms with Crippen molar-refractivity contribution in [2.45, 2.75) is 19.1 Å². The molecule has 0 bridgehead atoms. The maximum atomic E-state index is 12.5. The van der Waals surface area contributed by atoms with Crippen molar-refractivity contribution in [3.05, 3.63) is 28.3 Å². The Morgan fingerprint density at radius 3 is 2.33 bits per heavy atom. The van der Waals surface area contributed by atoms with E-state index < -0.39 is 23.5 Å². The predicted octanol–water partition coefficient (Wildman–Crippen LogP) is 3.08. The minimum Gasteiger partial charge on any atom is -0.506 e. The topological polar surface area (TPSA) is 46.2 Å². The molecule has 0 fully saturated rings. The molecule has 15 heavy (non-hydrogen) atoms. The Labute approximate surface area is 89.5 Å². The fourth-order valence-electron chi connectivity index (χ4n) is 1.20. The van der Waals surface area contributed by atoms with Gasteiger partial charge in [-0.05, 0) is 24.6 Å². The zero-order valence-electron chi connectivity index (χ0n) is 7.77. The van der Waals surface area contributed by atoms with Crippen LogP contribution in [-0.4, -0.2) is 5.11 Å². The number of benzene rings is 1. The molecule has 0 heterocycles. The van der Waals surface area contributed by atoms with Gasteiger partial charge in [0.25, 0.3) is 0 Å². The highest BCUT2D eigenvalue weighted by Gasteiger charge is 2.35. The van der Waals surface area contributed by atoms with Crippen molar-refractivity contribution in [2.75, 3.05) is 0 Å². The lowest BCUT2D eigenvalue weighted by Gasteiger charge is -2.16. The highest BCUT2D eigenvalue weighted by Crippen LogP contribution is 2.39. The lowest BCUT2D eigenvalue weighted by molar-refractivity contribution is -0.138. The van der Waals surface area contributed by atoms with Crippen molar-refractivity contribution in [2.24, 2.45) is 5.73 Å². The predicted molar refractivity (Wildman–Crippen MR) is 50.7 cm³/mol. The zero-order valence-corrected chi connectivity index (χ0v) is 8.52. The van der Waals surface area contributed by atoms with Crippen LogP contribution in [0.2, 0.25) is 5.02 Å². The number of phenols is 1. The van der Waals surface area contributed by atoms with E-state index in [1.54, 1.807) is 0 Å². The van der Waals surface area contributed by atoms with Gasteiger partial charge < -0.3 is 10.8 Å². The number of alkyl halides is 3. The van der Waals surface area contributed by atoms with E-state index in [1.165, 1.54) is 6.92 Å². The van der Waals surface area contributed by atoms with Gasteiger partial charge in [0.15, 0.2) is 0 Å². The molecule has 84 valence electrons. The molecule has 0 radical (unpaired) electrons. The molecule has 0 aliphatic heterocycles. The fourth-order valence-corrected chi connectivity index (χ4v) is 1.37. The molecule has 2 nitrogen and oxygen atoms in total. The third-order valence-electron chi connectivity index (χ3n) is 1.91. The molecule has 3 N–H and O–H groups in total. The van der Waals surface area contributed by atoms with Crippen molar-refractivity contribution < 1.29 is 18.3 Å². The molecule has 0 saturated heterocycles. The van der Waals surface area contributed by atoms with Crippen molar-refractivity contribution in [1.82, 2.24) is 0 Å². The van der Waals surface area contributed by atoms with E-state index in [0.29, 0.717) is 6.07 Å². The minimum absolute atomic E-state index is 0.134. The summed E-state index contributed by atoms with van der Waals surface area (Å²) in [6.45, 7) is 1.41. The summed E-state index contributed by atoms with van der Waals surface area (Å²) < 4.78 is 37.5. The SMILES string of the molecule is CC(N)c1cc(Cl)c(O)cc1C(F)(F)F. The second-order valence-electron chi connectivity index (χ2n) is 3.18. The first-order valence-electron chi connectivity index (χ1n) is 4.08. The number of aromatic hydroxyl groups is 1. The Hall–Kier alpha value is -0.940. The molecule has 1 unspecified atom stereocenters. The van der Waals surface area contributed by atoms with Crippen LogP contribution in [0.15, 0.2) is 12.1 Å². The van der Waals surface area contributed by atoms with Gasteiger partial charge >= 0.3 is 6.18 Å². The van der Waals surface area contributed by atoms with E-state index in [-0.39, 0.29) is 10.6 Å². The number of halogens is 4. The highest BCUT2D eigenvalue weighted by atomic mass is 35.5. The van der Waals surface area contributed by atoms with Crippen LogP contribution in [0.3, 0.4) is 0 Å². The number of hydrogen-bond acceptors (Lipinski definition) is 2. The van der Waals surface area contributed by atoms with Gasteiger partial charge in [0.05, 0.1) is 10.6 Å². The maximum absolute atomic E-state index is 12.5. The van der Waals surface area contributed by atoms with Gasteiger partial charge in [-0.2, -0.15) is 13.2 Å². The van der Waals surface area contributed by atoms with Crippen LogP contribution < -0.4 is 5.73 Å². The molecule has 0 amide bonds. The first-order valence-corrected chi connectivity index (χ1v) is 4.46. The smallest absolute Gasteiger partial charge is 0.416 e. The Morgan fingerprint density at radius 2 is 1.93 bits per heavy atom. The summed E-state index contributed by atoms with van der Waals surface area (Å²) in [6, 6.07) is 0.811. The summed E-state index contributed by atoms with van der Waals surface area (Å²) in [4.78, 5) is 0. The zero-order chi connectivity index (χ0) is 11.8. The van der Waals surface area contributed by atoms with Crippen LogP contribution in [0.1, 0.15) is 24.1 Å². The molecular formula is C9H9ClF3NO. The molecule has 6 heteroatoms. The lowest BCUT2D eigenvalue weighted by Crippen LogP contribution is -2.15. The van der Waals surface area contributed by atoms with Crippen LogP contribution in [0, 0.1) is 0 Å². The van der Waals surface area contributed by atoms with Crippen molar-refractivity contribution in [1.29, 1.82) is 0 Å². The summed E-state index contributed by atoms with van der Waals surface area (Å²) >= 11 is 5.51. The number of rotatable bonds is 1. The number of phenolic OH excluding ortho intramolecular Hbond substituents is 1. The summed E-state index contributed by atoms with van der Waals surface area (Å²) in [7, 11) is 0. The van der Waals surface area contributed by atoms with E-state index in [4.69, 9.17) is 22.4 Å². The molecule has 1 rings (SSSR count). The van der Waals surface area contributed by atoms with Crippen molar-refractivity contribution in [3.63, 3.8) is 0 Å². The van der Waals surface area contributed by atoms with Gasteiger partial charge in [0.1, 0.15) is 5.75 Å². The van der Waals surface area contributed by atoms with E-state index >= 15 is 0 Å². The maximum Gasteiger partial charge on any atom is 0.416 e. The Balaban J connectivity index is 3.42. The third kappa shape index (κ3) is 2.54. The summed E-state index contributed by atoms with van der Waals surface area (Å²) in [5, 5.41) is 8.95. The van der Waals surface area contributed by atoms with E-state index in [2.05, 4.69) is 0 Å². The van der Waals surface area contributed by atoms with E-state index in [9.17, 15) is 13.2 Å². The molecule has 0 aliphatic carbocycles. The number of hydrogen-bond donors (Lipinski definition) is 2. The Morgan fingerprint density at radius 1 is 1.40 bits per heavy atom. The van der Waals surface area contributed by atoms with Crippen LogP contribution in [0.5, 0.6) is 5.75 Å². The summed E-state index contributed by atoms with van der Waals surface area (Å²) in [6.07, 6.45) is -4.55. The summed E-state index contributed by atoms with van der Waals surface area (Å²) in [5.74, 6) is -0.603. The van der Waals surface area contributed by atoms with Gasteiger partial charge in [0, 0.05) is 6.04 Å². The summed E-state index contributed by atoms with van der Waals surface area (Å²) in [5.41, 5.74) is 4.30. The van der Waals surface area contributed by atoms with Crippen molar-refractivity contribution >= 4 is 11.6 Å². The van der Waals surface area contributed by atoms with Gasteiger partial charge in [-0.25, -0.2) is 0 Å². The lowest BCUT2D eigenvalue weighted by atomic mass is 10.0. The van der Waals surface area contributed by atoms with E-state index in [0.717, 1.165) is 6.07 Å². The third-order valence-corrected chi connectivity index (χ3v) is 2.22. The normalized spacial score (nSPS) is 14.0. The minimum atomic E-state index is -4.55. The Kier molecular flexibility index (Phi) is 3.16. The average molecular weight is 240 g/mol. The fraction of sp³-hybridized carbons (Fsp3) is 0.333. The number of nitrogens with two attached hydrogens (primary N) is 1. The molecule has 1 aromatic carbocycles. The molecule has 0 aromatic heterocycles. The highest BCUT2D eigenvalue weighted by molar-refractivity contribution is 6.32. The first-order chi connectivity index (χ1) is 6.73. The van der Waals surface area contributed by atoms with Crippen LogP contribution in [0.25, 0.3) is 0 Å². The molecule has 0 saturated carbocycles. The molecular weight excluding hydrogens is 231 g/mol. The second-order valence-corrected chi connectivity index (χ2v) is 3.58. The molecule has 1 aromatic rings. The Bertz CT molecular complexity index is 376. The van der Waals surface area contributed by atoms with Crippen LogP contribution in [-0.2, 0) is 6.18 Å². The van der Waals surface area contributed by atoms with Gasteiger partial charge in [0.2, 0.25) is 0 Å². The van der Waals surface area contributed by atoms with Crippen LogP contribution >= 0.6 is 11.6 Å². The van der Waals surface area contributed by atoms with E-state index in [1.807, 2.05) is 0 Å². The van der Waals surface area contributed by atoms with Crippen molar-refractivity contribution in [3.8, 4) is 5.75 Å². The first kappa shape index (κ1) is 12.1. The standard InChI is InChI=1S/C9H9ClF3NO/c1-4(14)5-2-7(10)8(15)3-6(5)9(11,12)13/h2-4,15H,14H2,1H3. The second kappa shape index (κ2) is 3.90. The van der Waals surface area contributed by atoms with Crippen LogP contribution in [0.4, 0.5) is 13.2 Å². The van der Waals surface area contributed by atoms with Gasteiger partial charge in [-0.15, -0.1) is 0 Å². The molecule has 0 spiro atoms. The molecule has 1 atom stereocenters. The average Bonchev–Trinajstić information content (AvgIpc) is 2.06. The van der Waals surface area contributed by atoms with Gasteiger partial charge in [-0.1, -0.05) is 11.6 Å². The van der Waals surface area contributed by atoms with Gasteiger partial charge in [-0.3, -0.25) is 0 Å².